The van der Waals surface area contributed by atoms with E-state index in [1.807, 2.05) is 58.1 Å². The number of hydrogen-bond acceptors (Lipinski definition) is 2. The van der Waals surface area contributed by atoms with Gasteiger partial charge in [0.25, 0.3) is 0 Å². The van der Waals surface area contributed by atoms with E-state index in [-0.39, 0.29) is 11.6 Å². The Hall–Kier alpha value is -1.31. The van der Waals surface area contributed by atoms with Crippen LogP contribution in [0.3, 0.4) is 0 Å². The lowest BCUT2D eigenvalue weighted by molar-refractivity contribution is -0.154. The molecular formula is C16H26O2. The topological polar surface area (TPSA) is 26.3 Å². The number of rotatable bonds is 7. The van der Waals surface area contributed by atoms with Gasteiger partial charge >= 0.3 is 5.97 Å². The van der Waals surface area contributed by atoms with E-state index in [2.05, 4.69) is 6.08 Å². The second kappa shape index (κ2) is 9.69. The maximum atomic E-state index is 11.4. The molecule has 18 heavy (non-hydrogen) atoms. The molecule has 102 valence electrons. The molecular weight excluding hydrogens is 224 g/mol. The largest absolute Gasteiger partial charge is 0.460 e. The zero-order valence-corrected chi connectivity index (χ0v) is 12.1. The first-order chi connectivity index (χ1) is 8.45. The number of allylic oxidation sites excluding steroid dienone is 6. The highest BCUT2D eigenvalue weighted by Gasteiger charge is 2.15. The van der Waals surface area contributed by atoms with Crippen molar-refractivity contribution >= 4 is 5.97 Å². The lowest BCUT2D eigenvalue weighted by atomic mass is 10.1. The van der Waals surface area contributed by atoms with Crippen LogP contribution in [-0.4, -0.2) is 11.6 Å². The molecule has 0 aromatic heterocycles. The molecule has 0 unspecified atom stereocenters. The summed E-state index contributed by atoms with van der Waals surface area (Å²) in [6.45, 7) is 7.67. The van der Waals surface area contributed by atoms with Crippen molar-refractivity contribution in [1.29, 1.82) is 0 Å². The first-order valence-electron chi connectivity index (χ1n) is 6.62. The second-order valence-electron chi connectivity index (χ2n) is 5.17. The average molecular weight is 250 g/mol. The molecule has 0 radical (unpaired) electrons. The quantitative estimate of drug-likeness (QED) is 0.375. The number of unbranched alkanes of at least 4 members (excludes halogenated alkanes) is 2. The van der Waals surface area contributed by atoms with Crippen LogP contribution in [0.25, 0.3) is 0 Å². The molecule has 0 aliphatic heterocycles. The zero-order valence-electron chi connectivity index (χ0n) is 12.1. The number of carbonyl (C=O) groups is 1. The van der Waals surface area contributed by atoms with Gasteiger partial charge in [-0.3, -0.25) is 4.79 Å². The molecule has 0 amide bonds. The third-order valence-electron chi connectivity index (χ3n) is 2.08. The van der Waals surface area contributed by atoms with Crippen LogP contribution in [-0.2, 0) is 9.53 Å². The first-order valence-corrected chi connectivity index (χ1v) is 6.62. The minimum absolute atomic E-state index is 0.0977. The molecule has 0 fully saturated rings. The number of carbonyl (C=O) groups excluding carboxylic acids is 1. The van der Waals surface area contributed by atoms with Gasteiger partial charge in [-0.25, -0.2) is 0 Å². The van der Waals surface area contributed by atoms with Gasteiger partial charge < -0.3 is 4.74 Å². The number of hydrogen-bond donors (Lipinski definition) is 0. The van der Waals surface area contributed by atoms with Gasteiger partial charge in [-0.05, 0) is 47.0 Å². The minimum atomic E-state index is -0.366. The van der Waals surface area contributed by atoms with Crippen molar-refractivity contribution in [3.05, 3.63) is 36.5 Å². The Labute approximate surface area is 111 Å². The van der Waals surface area contributed by atoms with Crippen molar-refractivity contribution in [2.75, 3.05) is 0 Å². The lowest BCUT2D eigenvalue weighted by Crippen LogP contribution is -2.23. The Morgan fingerprint density at radius 3 is 2.33 bits per heavy atom. The Bertz CT molecular complexity index is 304. The van der Waals surface area contributed by atoms with Crippen molar-refractivity contribution < 1.29 is 9.53 Å². The highest BCUT2D eigenvalue weighted by molar-refractivity contribution is 5.69. The maximum Gasteiger partial charge on any atom is 0.306 e. The molecule has 0 atom stereocenters. The van der Waals surface area contributed by atoms with E-state index in [4.69, 9.17) is 4.74 Å². The monoisotopic (exact) mass is 250 g/mol. The van der Waals surface area contributed by atoms with Crippen LogP contribution in [0.1, 0.15) is 53.4 Å². The summed E-state index contributed by atoms with van der Waals surface area (Å²) in [5.74, 6) is -0.0977. The van der Waals surface area contributed by atoms with Gasteiger partial charge in [-0.2, -0.15) is 0 Å². The lowest BCUT2D eigenvalue weighted by Gasteiger charge is -2.19. The molecule has 0 aliphatic rings. The van der Waals surface area contributed by atoms with Crippen molar-refractivity contribution in [1.82, 2.24) is 0 Å². The van der Waals surface area contributed by atoms with Crippen LogP contribution >= 0.6 is 0 Å². The summed E-state index contributed by atoms with van der Waals surface area (Å²) >= 11 is 0. The van der Waals surface area contributed by atoms with Crippen LogP contribution in [0.2, 0.25) is 0 Å². The van der Waals surface area contributed by atoms with E-state index in [1.165, 1.54) is 0 Å². The van der Waals surface area contributed by atoms with Gasteiger partial charge in [0.05, 0.1) is 0 Å². The molecule has 0 bridgehead atoms. The van der Waals surface area contributed by atoms with Crippen molar-refractivity contribution in [2.45, 2.75) is 59.0 Å². The molecule has 2 nitrogen and oxygen atoms in total. The smallest absolute Gasteiger partial charge is 0.306 e. The van der Waals surface area contributed by atoms with E-state index in [1.54, 1.807) is 0 Å². The maximum absolute atomic E-state index is 11.4. The fourth-order valence-electron chi connectivity index (χ4n) is 1.34. The normalized spacial score (nSPS) is 12.9. The summed E-state index contributed by atoms with van der Waals surface area (Å²) in [4.78, 5) is 11.4. The summed E-state index contributed by atoms with van der Waals surface area (Å²) in [5.41, 5.74) is -0.366. The van der Waals surface area contributed by atoms with Crippen LogP contribution in [0.15, 0.2) is 36.5 Å². The Morgan fingerprint density at radius 1 is 1.06 bits per heavy atom. The molecule has 0 aromatic rings. The van der Waals surface area contributed by atoms with Gasteiger partial charge in [-0.15, -0.1) is 0 Å². The highest BCUT2D eigenvalue weighted by Crippen LogP contribution is 2.10. The SMILES string of the molecule is CC=CC=CC=CCCCCC(=O)OC(C)(C)C. The van der Waals surface area contributed by atoms with Crippen molar-refractivity contribution in [3.63, 3.8) is 0 Å². The van der Waals surface area contributed by atoms with Crippen LogP contribution in [0.4, 0.5) is 0 Å². The summed E-state index contributed by atoms with van der Waals surface area (Å²) in [6, 6.07) is 0. The van der Waals surface area contributed by atoms with E-state index < -0.39 is 0 Å². The minimum Gasteiger partial charge on any atom is -0.460 e. The van der Waals surface area contributed by atoms with Gasteiger partial charge in [0.15, 0.2) is 0 Å². The van der Waals surface area contributed by atoms with Crippen LogP contribution in [0.5, 0.6) is 0 Å². The molecule has 0 aromatic carbocycles. The summed E-state index contributed by atoms with van der Waals surface area (Å²) < 4.78 is 5.23. The van der Waals surface area contributed by atoms with Crippen molar-refractivity contribution in [2.24, 2.45) is 0 Å². The number of ether oxygens (including phenoxy) is 1. The summed E-state index contributed by atoms with van der Waals surface area (Å²) in [7, 11) is 0. The zero-order chi connectivity index (χ0) is 13.9. The second-order valence-corrected chi connectivity index (χ2v) is 5.17. The van der Waals surface area contributed by atoms with Gasteiger partial charge in [0, 0.05) is 6.42 Å². The fourth-order valence-corrected chi connectivity index (χ4v) is 1.34. The highest BCUT2D eigenvalue weighted by atomic mass is 16.6. The van der Waals surface area contributed by atoms with E-state index in [9.17, 15) is 4.79 Å². The fraction of sp³-hybridized carbons (Fsp3) is 0.562. The standard InChI is InChI=1S/C16H26O2/c1-5-6-7-8-9-10-11-12-13-14-15(17)18-16(2,3)4/h5-10H,11-14H2,1-4H3. The third kappa shape index (κ3) is 12.8. The Balaban J connectivity index is 3.54. The molecule has 0 heterocycles. The summed E-state index contributed by atoms with van der Waals surface area (Å²) in [5, 5.41) is 0. The van der Waals surface area contributed by atoms with Crippen LogP contribution < -0.4 is 0 Å². The number of esters is 1. The third-order valence-corrected chi connectivity index (χ3v) is 2.08. The molecule has 0 N–H and O–H groups in total. The predicted molar refractivity (Wildman–Crippen MR) is 77.4 cm³/mol. The molecule has 0 saturated carbocycles. The van der Waals surface area contributed by atoms with Gasteiger partial charge in [-0.1, -0.05) is 36.5 Å². The van der Waals surface area contributed by atoms with Crippen LogP contribution in [0, 0.1) is 0 Å². The van der Waals surface area contributed by atoms with E-state index in [0.29, 0.717) is 6.42 Å². The first kappa shape index (κ1) is 16.7. The van der Waals surface area contributed by atoms with E-state index in [0.717, 1.165) is 19.3 Å². The molecule has 0 saturated heterocycles. The predicted octanol–water partition coefficient (Wildman–Crippen LogP) is 4.58. The van der Waals surface area contributed by atoms with Gasteiger partial charge in [0.2, 0.25) is 0 Å². The molecule has 0 aliphatic carbocycles. The summed E-state index contributed by atoms with van der Waals surface area (Å²) in [6.07, 6.45) is 15.6. The van der Waals surface area contributed by atoms with E-state index >= 15 is 0 Å². The molecule has 2 heteroatoms. The Morgan fingerprint density at radius 2 is 1.72 bits per heavy atom. The molecule has 0 spiro atoms. The van der Waals surface area contributed by atoms with Gasteiger partial charge in [0.1, 0.15) is 5.60 Å². The average Bonchev–Trinajstić information content (AvgIpc) is 2.24. The Kier molecular flexibility index (Phi) is 8.99. The molecule has 0 rings (SSSR count). The van der Waals surface area contributed by atoms with Crippen molar-refractivity contribution in [3.8, 4) is 0 Å².